The van der Waals surface area contributed by atoms with Crippen molar-refractivity contribution in [3.63, 3.8) is 0 Å². The van der Waals surface area contributed by atoms with E-state index in [1.54, 1.807) is 10.6 Å². The van der Waals surface area contributed by atoms with Gasteiger partial charge in [0.25, 0.3) is 5.56 Å². The monoisotopic (exact) mass is 548 g/mol. The maximum Gasteiger partial charge on any atom is 0.338 e. The molecule has 8 heteroatoms. The molecule has 0 saturated carbocycles. The summed E-state index contributed by atoms with van der Waals surface area (Å²) in [6, 6.07) is 20.4. The third-order valence-corrected chi connectivity index (χ3v) is 7.31. The van der Waals surface area contributed by atoms with E-state index in [1.807, 2.05) is 73.7 Å². The summed E-state index contributed by atoms with van der Waals surface area (Å²) in [5.74, 6) is 0.784. The van der Waals surface area contributed by atoms with Gasteiger partial charge in [-0.25, -0.2) is 9.79 Å². The summed E-state index contributed by atoms with van der Waals surface area (Å²) in [5.41, 5.74) is 2.52. The molecule has 5 rings (SSSR count). The largest absolute Gasteiger partial charge is 0.466 e. The van der Waals surface area contributed by atoms with Gasteiger partial charge in [0.05, 0.1) is 29.0 Å². The van der Waals surface area contributed by atoms with Gasteiger partial charge in [-0.1, -0.05) is 76.7 Å². The quantitative estimate of drug-likeness (QED) is 0.335. The van der Waals surface area contributed by atoms with Gasteiger partial charge < -0.3 is 9.15 Å². The molecule has 1 aliphatic rings. The van der Waals surface area contributed by atoms with Crippen LogP contribution in [0, 0.1) is 0 Å². The van der Waals surface area contributed by atoms with Crippen molar-refractivity contribution < 1.29 is 13.9 Å². The molecule has 3 heterocycles. The molecule has 1 atom stereocenters. The van der Waals surface area contributed by atoms with Crippen molar-refractivity contribution >= 4 is 39.3 Å². The Morgan fingerprint density at radius 3 is 2.57 bits per heavy atom. The number of nitrogens with zero attached hydrogens (tertiary/aromatic N) is 2. The molecule has 2 aromatic heterocycles. The fourth-order valence-electron chi connectivity index (χ4n) is 4.14. The first-order chi connectivity index (χ1) is 17.0. The minimum atomic E-state index is -0.619. The topological polar surface area (TPSA) is 73.8 Å². The van der Waals surface area contributed by atoms with Crippen LogP contribution in [0.5, 0.6) is 0 Å². The Morgan fingerprint density at radius 1 is 1.14 bits per heavy atom. The molecule has 0 spiro atoms. The fourth-order valence-corrected chi connectivity index (χ4v) is 5.41. The van der Waals surface area contributed by atoms with Crippen LogP contribution < -0.4 is 14.9 Å². The number of benzene rings is 2. The lowest BCUT2D eigenvalue weighted by atomic mass is 9.95. The second kappa shape index (κ2) is 9.64. The smallest absolute Gasteiger partial charge is 0.338 e. The van der Waals surface area contributed by atoms with Crippen molar-refractivity contribution in [3.8, 4) is 11.3 Å². The highest BCUT2D eigenvalue weighted by Crippen LogP contribution is 2.31. The van der Waals surface area contributed by atoms with Crippen LogP contribution in [0.25, 0.3) is 17.4 Å². The van der Waals surface area contributed by atoms with Crippen LogP contribution in [-0.2, 0) is 9.53 Å². The summed E-state index contributed by atoms with van der Waals surface area (Å²) in [6.07, 6.45) is 2.26. The van der Waals surface area contributed by atoms with Crippen LogP contribution in [0.1, 0.15) is 30.7 Å². The third-order valence-electron chi connectivity index (χ3n) is 5.79. The Hall–Kier alpha value is -3.49. The number of carbonyl (C=O) groups excluding carboxylic acids is 1. The number of rotatable bonds is 5. The zero-order valence-corrected chi connectivity index (χ0v) is 21.4. The summed E-state index contributed by atoms with van der Waals surface area (Å²) in [4.78, 5) is 31.7. The van der Waals surface area contributed by atoms with Crippen LogP contribution in [0.15, 0.2) is 96.7 Å². The lowest BCUT2D eigenvalue weighted by Crippen LogP contribution is -2.40. The molecule has 0 N–H and O–H groups in total. The number of esters is 1. The first-order valence-corrected chi connectivity index (χ1v) is 12.6. The van der Waals surface area contributed by atoms with E-state index in [0.29, 0.717) is 38.5 Å². The molecule has 0 unspecified atom stereocenters. The van der Waals surface area contributed by atoms with Crippen LogP contribution in [-0.4, -0.2) is 17.6 Å². The van der Waals surface area contributed by atoms with Crippen molar-refractivity contribution in [1.82, 2.24) is 4.57 Å². The number of carbonyl (C=O) groups is 1. The number of methoxy groups -OCH3 is 1. The lowest BCUT2D eigenvalue weighted by Gasteiger charge is -2.25. The highest BCUT2D eigenvalue weighted by atomic mass is 79.9. The second-order valence-electron chi connectivity index (χ2n) is 7.91. The normalized spacial score (nSPS) is 15.6. The number of hydrogen-bond acceptors (Lipinski definition) is 6. The van der Waals surface area contributed by atoms with E-state index < -0.39 is 12.0 Å². The minimum absolute atomic E-state index is 0.235. The van der Waals surface area contributed by atoms with Gasteiger partial charge in [-0.2, -0.15) is 0 Å². The fraction of sp³-hybridized carbons (Fsp3) is 0.148. The summed E-state index contributed by atoms with van der Waals surface area (Å²) in [5, 5.41) is 0. The van der Waals surface area contributed by atoms with Gasteiger partial charge in [0.15, 0.2) is 4.80 Å². The van der Waals surface area contributed by atoms with Gasteiger partial charge in [-0.15, -0.1) is 0 Å². The van der Waals surface area contributed by atoms with Crippen LogP contribution in [0.2, 0.25) is 0 Å². The van der Waals surface area contributed by atoms with E-state index in [2.05, 4.69) is 20.9 Å². The molecule has 1 aliphatic heterocycles. The third kappa shape index (κ3) is 4.35. The number of hydrogen-bond donors (Lipinski definition) is 0. The number of fused-ring (bicyclic) bond motifs is 1. The first kappa shape index (κ1) is 23.3. The van der Waals surface area contributed by atoms with E-state index in [0.717, 1.165) is 15.6 Å². The molecule has 2 aromatic carbocycles. The highest BCUT2D eigenvalue weighted by molar-refractivity contribution is 9.10. The number of thiazole rings is 1. The lowest BCUT2D eigenvalue weighted by molar-refractivity contribution is -0.136. The Morgan fingerprint density at radius 2 is 1.89 bits per heavy atom. The zero-order chi connectivity index (χ0) is 24.5. The number of aromatic nitrogens is 1. The van der Waals surface area contributed by atoms with Gasteiger partial charge in [-0.05, 0) is 36.2 Å². The molecule has 0 fully saturated rings. The number of furan rings is 1. The average Bonchev–Trinajstić information content (AvgIpc) is 3.48. The number of allylic oxidation sites excluding steroid dienone is 1. The zero-order valence-electron chi connectivity index (χ0n) is 19.0. The second-order valence-corrected chi connectivity index (χ2v) is 9.83. The minimum Gasteiger partial charge on any atom is -0.466 e. The molecular weight excluding hydrogens is 528 g/mol. The van der Waals surface area contributed by atoms with E-state index in [9.17, 15) is 9.59 Å². The van der Waals surface area contributed by atoms with Crippen molar-refractivity contribution in [2.24, 2.45) is 4.99 Å². The predicted octanol–water partition coefficient (Wildman–Crippen LogP) is 4.82. The number of halogens is 1. The Labute approximate surface area is 213 Å². The Bertz CT molecular complexity index is 1610. The molecule has 6 nitrogen and oxygen atoms in total. The van der Waals surface area contributed by atoms with E-state index in [1.165, 1.54) is 18.4 Å². The van der Waals surface area contributed by atoms with Crippen LogP contribution >= 0.6 is 27.3 Å². The maximum atomic E-state index is 13.6. The van der Waals surface area contributed by atoms with E-state index >= 15 is 0 Å². The van der Waals surface area contributed by atoms with Crippen molar-refractivity contribution in [3.05, 3.63) is 113 Å². The summed E-state index contributed by atoms with van der Waals surface area (Å²) in [7, 11) is 1.34. The van der Waals surface area contributed by atoms with E-state index in [4.69, 9.17) is 9.15 Å². The predicted molar refractivity (Wildman–Crippen MR) is 139 cm³/mol. The van der Waals surface area contributed by atoms with Gasteiger partial charge in [-0.3, -0.25) is 9.36 Å². The molecule has 0 radical (unpaired) electrons. The molecule has 176 valence electrons. The van der Waals surface area contributed by atoms with Gasteiger partial charge in [0.2, 0.25) is 0 Å². The van der Waals surface area contributed by atoms with Crippen molar-refractivity contribution in [1.29, 1.82) is 0 Å². The standard InChI is InChI=1S/C27H21BrN2O4S/c1-3-20-23(26(32)33-2)24(17-7-5-4-6-8-17)30-25(31)22(35-27(30)29-20)15-19-13-14-21(34-19)16-9-11-18(28)12-10-16/h4-15,24H,3H2,1-2H3/b22-15+/t24-/m0/s1. The Kier molecular flexibility index (Phi) is 6.40. The van der Waals surface area contributed by atoms with E-state index in [-0.39, 0.29) is 5.56 Å². The van der Waals surface area contributed by atoms with Gasteiger partial charge >= 0.3 is 5.97 Å². The van der Waals surface area contributed by atoms with Gasteiger partial charge in [0.1, 0.15) is 11.5 Å². The SMILES string of the molecule is CCC1=C(C(=O)OC)[C@H](c2ccccc2)n2c(s/c(=C/c3ccc(-c4ccc(Br)cc4)o3)c2=O)=N1. The molecule has 4 aromatic rings. The molecule has 0 aliphatic carbocycles. The number of ether oxygens (including phenoxy) is 1. The molecule has 35 heavy (non-hydrogen) atoms. The highest BCUT2D eigenvalue weighted by Gasteiger charge is 2.33. The molecular formula is C27H21BrN2O4S. The molecule has 0 amide bonds. The molecule has 0 bridgehead atoms. The summed E-state index contributed by atoms with van der Waals surface area (Å²) in [6.45, 7) is 1.94. The summed E-state index contributed by atoms with van der Waals surface area (Å²) >= 11 is 4.72. The van der Waals surface area contributed by atoms with Gasteiger partial charge in [0, 0.05) is 16.1 Å². The Balaban J connectivity index is 1.65. The maximum absolute atomic E-state index is 13.6. The van der Waals surface area contributed by atoms with Crippen LogP contribution in [0.3, 0.4) is 0 Å². The first-order valence-electron chi connectivity index (χ1n) is 11.0. The average molecular weight is 549 g/mol. The summed E-state index contributed by atoms with van der Waals surface area (Å²) < 4.78 is 14.1. The molecule has 0 saturated heterocycles. The van der Waals surface area contributed by atoms with Crippen molar-refractivity contribution in [2.45, 2.75) is 19.4 Å². The van der Waals surface area contributed by atoms with Crippen LogP contribution in [0.4, 0.5) is 0 Å². The van der Waals surface area contributed by atoms with Crippen molar-refractivity contribution in [2.75, 3.05) is 7.11 Å².